The van der Waals surface area contributed by atoms with Crippen LogP contribution in [-0.2, 0) is 16.5 Å². The van der Waals surface area contributed by atoms with Gasteiger partial charge in [0.25, 0.3) is 10.1 Å². The lowest BCUT2D eigenvalue weighted by Gasteiger charge is -2.22. The van der Waals surface area contributed by atoms with Gasteiger partial charge in [0, 0.05) is 10.0 Å². The van der Waals surface area contributed by atoms with E-state index in [1.54, 1.807) is 12.1 Å². The fourth-order valence-corrected chi connectivity index (χ4v) is 2.90. The van der Waals surface area contributed by atoms with Gasteiger partial charge in [-0.15, -0.1) is 0 Å². The van der Waals surface area contributed by atoms with Crippen molar-refractivity contribution in [1.82, 2.24) is 0 Å². The largest absolute Gasteiger partial charge is 0.390 e. The minimum absolute atomic E-state index is 0.0467. The quantitative estimate of drug-likeness (QED) is 0.538. The average molecular weight is 359 g/mol. The van der Waals surface area contributed by atoms with Crippen LogP contribution in [0, 0.1) is 0 Å². The van der Waals surface area contributed by atoms with Crippen LogP contribution in [0.4, 0.5) is 0 Å². The second-order valence-corrected chi connectivity index (χ2v) is 6.99. The molecule has 6 nitrogen and oxygen atoms in total. The van der Waals surface area contributed by atoms with Gasteiger partial charge in [0.15, 0.2) is 0 Å². The van der Waals surface area contributed by atoms with Crippen molar-refractivity contribution in [3.8, 4) is 0 Å². The minimum atomic E-state index is -4.44. The Labute approximate surface area is 132 Å². The Bertz CT molecular complexity index is 577. The molecular formula is C12H16Cl2O6S. The fourth-order valence-electron chi connectivity index (χ4n) is 1.77. The highest BCUT2D eigenvalue weighted by atomic mass is 35.5. The van der Waals surface area contributed by atoms with E-state index in [9.17, 15) is 23.7 Å². The summed E-state index contributed by atoms with van der Waals surface area (Å²) in [6, 6.07) is 4.82. The molecule has 0 bridgehead atoms. The van der Waals surface area contributed by atoms with E-state index < -0.39 is 34.2 Å². The monoisotopic (exact) mass is 358 g/mol. The van der Waals surface area contributed by atoms with Crippen LogP contribution < -0.4 is 0 Å². The lowest BCUT2D eigenvalue weighted by atomic mass is 10.0. The molecule has 0 radical (unpaired) electrons. The molecule has 0 heterocycles. The first-order valence-corrected chi connectivity index (χ1v) is 8.40. The van der Waals surface area contributed by atoms with Gasteiger partial charge in [-0.05, 0) is 30.5 Å². The predicted octanol–water partition coefficient (Wildman–Crippen LogP) is 0.897. The second kappa shape index (κ2) is 7.73. The summed E-state index contributed by atoms with van der Waals surface area (Å²) in [6.45, 7) is 0. The highest BCUT2D eigenvalue weighted by molar-refractivity contribution is 7.85. The average Bonchev–Trinajstić information content (AvgIpc) is 2.34. The lowest BCUT2D eigenvalue weighted by Crippen LogP contribution is -2.41. The number of aryl methyl sites for hydroxylation is 1. The van der Waals surface area contributed by atoms with E-state index in [0.717, 1.165) is 0 Å². The molecule has 1 aromatic carbocycles. The lowest BCUT2D eigenvalue weighted by molar-refractivity contribution is -0.0531. The van der Waals surface area contributed by atoms with E-state index in [1.165, 1.54) is 6.07 Å². The molecule has 4 N–H and O–H groups in total. The van der Waals surface area contributed by atoms with E-state index in [0.29, 0.717) is 22.0 Å². The Hall–Kier alpha value is -0.410. The molecule has 0 aromatic heterocycles. The van der Waals surface area contributed by atoms with Gasteiger partial charge in [-0.3, -0.25) is 4.55 Å². The number of aliphatic hydroxyl groups is 3. The summed E-state index contributed by atoms with van der Waals surface area (Å²) < 4.78 is 29.8. The van der Waals surface area contributed by atoms with Gasteiger partial charge in [0.2, 0.25) is 0 Å². The van der Waals surface area contributed by atoms with Crippen molar-refractivity contribution in [1.29, 1.82) is 0 Å². The molecule has 0 spiro atoms. The predicted molar refractivity (Wildman–Crippen MR) is 79.2 cm³/mol. The molecule has 0 amide bonds. The van der Waals surface area contributed by atoms with E-state index in [2.05, 4.69) is 0 Å². The van der Waals surface area contributed by atoms with Crippen molar-refractivity contribution in [2.75, 3.05) is 5.75 Å². The maximum atomic E-state index is 10.6. The van der Waals surface area contributed by atoms with E-state index in [1.807, 2.05) is 0 Å². The first-order valence-electron chi connectivity index (χ1n) is 6.03. The minimum Gasteiger partial charge on any atom is -0.390 e. The summed E-state index contributed by atoms with van der Waals surface area (Å²) in [7, 11) is -4.44. The maximum Gasteiger partial charge on any atom is 0.267 e. The van der Waals surface area contributed by atoms with Crippen molar-refractivity contribution in [3.05, 3.63) is 33.8 Å². The van der Waals surface area contributed by atoms with Gasteiger partial charge in [-0.25, -0.2) is 0 Å². The van der Waals surface area contributed by atoms with Crippen LogP contribution >= 0.6 is 23.2 Å². The summed E-state index contributed by atoms with van der Waals surface area (Å²) in [5.74, 6) is -1.05. The third-order valence-corrected chi connectivity index (χ3v) is 4.24. The van der Waals surface area contributed by atoms with Crippen LogP contribution in [0.5, 0.6) is 0 Å². The molecule has 1 aromatic rings. The van der Waals surface area contributed by atoms with Crippen LogP contribution in [0.25, 0.3) is 0 Å². The summed E-state index contributed by atoms with van der Waals surface area (Å²) >= 11 is 11.7. The van der Waals surface area contributed by atoms with Gasteiger partial charge >= 0.3 is 0 Å². The normalized spacial score (nSPS) is 16.5. The van der Waals surface area contributed by atoms with E-state index in [4.69, 9.17) is 27.8 Å². The molecule has 9 heteroatoms. The molecule has 0 aliphatic rings. The van der Waals surface area contributed by atoms with Gasteiger partial charge in [0.1, 0.15) is 11.9 Å². The molecule has 1 rings (SSSR count). The highest BCUT2D eigenvalue weighted by Gasteiger charge is 2.28. The van der Waals surface area contributed by atoms with Gasteiger partial charge in [0.05, 0.1) is 12.2 Å². The summed E-state index contributed by atoms with van der Waals surface area (Å²) in [5, 5.41) is 29.6. The number of aliphatic hydroxyl groups excluding tert-OH is 3. The Morgan fingerprint density at radius 2 is 1.71 bits per heavy atom. The first-order chi connectivity index (χ1) is 9.60. The number of halogens is 2. The number of rotatable bonds is 7. The Balaban J connectivity index is 2.58. The van der Waals surface area contributed by atoms with Crippen molar-refractivity contribution < 1.29 is 28.3 Å². The van der Waals surface area contributed by atoms with Crippen molar-refractivity contribution in [2.24, 2.45) is 0 Å². The molecule has 3 unspecified atom stereocenters. The maximum absolute atomic E-state index is 10.6. The molecule has 0 fully saturated rings. The van der Waals surface area contributed by atoms with Crippen molar-refractivity contribution in [2.45, 2.75) is 31.2 Å². The Morgan fingerprint density at radius 3 is 2.24 bits per heavy atom. The molecule has 21 heavy (non-hydrogen) atoms. The molecular weight excluding hydrogens is 343 g/mol. The molecule has 0 aliphatic carbocycles. The SMILES string of the molecule is O=S(=O)(O)CC(O)C(O)C(O)CCc1ccc(Cl)cc1Cl. The summed E-state index contributed by atoms with van der Waals surface area (Å²) in [5.41, 5.74) is 0.691. The third-order valence-electron chi connectivity index (χ3n) is 2.89. The van der Waals surface area contributed by atoms with Crippen LogP contribution in [0.15, 0.2) is 18.2 Å². The van der Waals surface area contributed by atoms with Crippen molar-refractivity contribution >= 4 is 33.3 Å². The van der Waals surface area contributed by atoms with Gasteiger partial charge in [-0.2, -0.15) is 8.42 Å². The molecule has 120 valence electrons. The fraction of sp³-hybridized carbons (Fsp3) is 0.500. The third kappa shape index (κ3) is 6.48. The first kappa shape index (κ1) is 18.6. The van der Waals surface area contributed by atoms with Crippen molar-refractivity contribution in [3.63, 3.8) is 0 Å². The van der Waals surface area contributed by atoms with Crippen LogP contribution in [-0.4, -0.2) is 52.4 Å². The standard InChI is InChI=1S/C12H16Cl2O6S/c13-8-3-1-7(9(14)5-8)2-4-10(15)12(17)11(16)6-21(18,19)20/h1,3,5,10-12,15-17H,2,4,6H2,(H,18,19,20). The van der Waals surface area contributed by atoms with Gasteiger partial charge in [-0.1, -0.05) is 29.3 Å². The van der Waals surface area contributed by atoms with Crippen LogP contribution in [0.2, 0.25) is 10.0 Å². The highest BCUT2D eigenvalue weighted by Crippen LogP contribution is 2.23. The zero-order valence-electron chi connectivity index (χ0n) is 10.9. The zero-order chi connectivity index (χ0) is 16.2. The van der Waals surface area contributed by atoms with Crippen LogP contribution in [0.1, 0.15) is 12.0 Å². The Morgan fingerprint density at radius 1 is 1.10 bits per heavy atom. The Kier molecular flexibility index (Phi) is 6.86. The molecule has 0 saturated carbocycles. The van der Waals surface area contributed by atoms with E-state index >= 15 is 0 Å². The number of hydrogen-bond donors (Lipinski definition) is 4. The topological polar surface area (TPSA) is 115 Å². The zero-order valence-corrected chi connectivity index (χ0v) is 13.2. The number of benzene rings is 1. The van der Waals surface area contributed by atoms with Crippen LogP contribution in [0.3, 0.4) is 0 Å². The molecule has 0 saturated heterocycles. The molecule has 3 atom stereocenters. The summed E-state index contributed by atoms with van der Waals surface area (Å²) in [6.07, 6.45) is -4.50. The molecule has 0 aliphatic heterocycles. The van der Waals surface area contributed by atoms with E-state index in [-0.39, 0.29) is 6.42 Å². The second-order valence-electron chi connectivity index (χ2n) is 4.65. The van der Waals surface area contributed by atoms with Gasteiger partial charge < -0.3 is 15.3 Å². The summed E-state index contributed by atoms with van der Waals surface area (Å²) in [4.78, 5) is 0. The smallest absolute Gasteiger partial charge is 0.267 e. The number of hydrogen-bond acceptors (Lipinski definition) is 5.